The Bertz CT molecular complexity index is 800. The van der Waals surface area contributed by atoms with Crippen LogP contribution in [0, 0.1) is 6.92 Å². The number of hydrogen-bond acceptors (Lipinski definition) is 6. The van der Waals surface area contributed by atoms with Gasteiger partial charge in [0.25, 0.3) is 0 Å². The van der Waals surface area contributed by atoms with Crippen molar-refractivity contribution in [2.24, 2.45) is 0 Å². The van der Waals surface area contributed by atoms with Crippen molar-refractivity contribution in [2.75, 3.05) is 20.3 Å². The van der Waals surface area contributed by atoms with Crippen LogP contribution in [0.4, 0.5) is 0 Å². The average Bonchev–Trinajstić information content (AvgIpc) is 2.79. The zero-order valence-corrected chi connectivity index (χ0v) is 13.8. The van der Waals surface area contributed by atoms with E-state index in [1.807, 2.05) is 0 Å². The number of sulfonamides is 1. The summed E-state index contributed by atoms with van der Waals surface area (Å²) in [5.41, 5.74) is 0.558. The van der Waals surface area contributed by atoms with Crippen LogP contribution < -0.4 is 9.47 Å². The molecule has 8 heteroatoms. The van der Waals surface area contributed by atoms with Gasteiger partial charge in [-0.1, -0.05) is 5.16 Å². The summed E-state index contributed by atoms with van der Waals surface area (Å²) in [5.74, 6) is 1.66. The van der Waals surface area contributed by atoms with Crippen LogP contribution in [0.3, 0.4) is 0 Å². The minimum absolute atomic E-state index is 0.133. The normalized spacial score (nSPS) is 14.7. The molecule has 0 spiro atoms. The molecule has 0 saturated heterocycles. The van der Waals surface area contributed by atoms with Crippen molar-refractivity contribution in [3.63, 3.8) is 0 Å². The van der Waals surface area contributed by atoms with E-state index in [9.17, 15) is 8.42 Å². The first kappa shape index (κ1) is 15.8. The summed E-state index contributed by atoms with van der Waals surface area (Å²) in [5, 5.41) is 3.82. The summed E-state index contributed by atoms with van der Waals surface area (Å²) in [7, 11) is -2.15. The van der Waals surface area contributed by atoms with Crippen molar-refractivity contribution in [1.82, 2.24) is 9.46 Å². The third-order valence-corrected chi connectivity index (χ3v) is 5.29. The SMILES string of the molecule is Cc1cc(CN(C)S(=O)(=O)c2ccc3c(c2)OCCCO3)no1. The quantitative estimate of drug-likeness (QED) is 0.848. The summed E-state index contributed by atoms with van der Waals surface area (Å²) in [4.78, 5) is 0.157. The number of rotatable bonds is 4. The molecule has 1 aromatic heterocycles. The lowest BCUT2D eigenvalue weighted by atomic mass is 10.3. The van der Waals surface area contributed by atoms with Gasteiger partial charge in [0.05, 0.1) is 30.3 Å². The maximum Gasteiger partial charge on any atom is 0.243 e. The van der Waals surface area contributed by atoms with Crippen molar-refractivity contribution < 1.29 is 22.4 Å². The highest BCUT2D eigenvalue weighted by Crippen LogP contribution is 2.32. The number of aromatic nitrogens is 1. The Balaban J connectivity index is 1.85. The Labute approximate surface area is 134 Å². The second kappa shape index (κ2) is 6.21. The molecule has 0 unspecified atom stereocenters. The Morgan fingerprint density at radius 1 is 1.17 bits per heavy atom. The molecule has 0 N–H and O–H groups in total. The van der Waals surface area contributed by atoms with Crippen LogP contribution in [0.25, 0.3) is 0 Å². The van der Waals surface area contributed by atoms with Gasteiger partial charge in [-0.25, -0.2) is 8.42 Å². The lowest BCUT2D eigenvalue weighted by molar-refractivity contribution is 0.297. The lowest BCUT2D eigenvalue weighted by Crippen LogP contribution is -2.26. The van der Waals surface area contributed by atoms with Gasteiger partial charge >= 0.3 is 0 Å². The zero-order valence-electron chi connectivity index (χ0n) is 13.0. The second-order valence-corrected chi connectivity index (χ2v) is 7.39. The van der Waals surface area contributed by atoms with E-state index in [0.717, 1.165) is 6.42 Å². The van der Waals surface area contributed by atoms with Crippen molar-refractivity contribution in [3.05, 3.63) is 35.7 Å². The topological polar surface area (TPSA) is 81.9 Å². The predicted molar refractivity (Wildman–Crippen MR) is 81.9 cm³/mol. The van der Waals surface area contributed by atoms with Gasteiger partial charge in [-0.05, 0) is 19.1 Å². The van der Waals surface area contributed by atoms with Crippen LogP contribution in [0.1, 0.15) is 17.9 Å². The smallest absolute Gasteiger partial charge is 0.243 e. The first-order valence-corrected chi connectivity index (χ1v) is 8.69. The maximum atomic E-state index is 12.7. The van der Waals surface area contributed by atoms with E-state index in [0.29, 0.717) is 36.2 Å². The van der Waals surface area contributed by atoms with Gasteiger partial charge in [0.2, 0.25) is 10.0 Å². The highest BCUT2D eigenvalue weighted by atomic mass is 32.2. The maximum absolute atomic E-state index is 12.7. The summed E-state index contributed by atoms with van der Waals surface area (Å²) in [6, 6.07) is 6.36. The van der Waals surface area contributed by atoms with Crippen LogP contribution in [-0.2, 0) is 16.6 Å². The van der Waals surface area contributed by atoms with E-state index < -0.39 is 10.0 Å². The van der Waals surface area contributed by atoms with Crippen LogP contribution in [-0.4, -0.2) is 38.1 Å². The third-order valence-electron chi connectivity index (χ3n) is 3.49. The number of aryl methyl sites for hydroxylation is 1. The molecule has 3 rings (SSSR count). The summed E-state index contributed by atoms with van der Waals surface area (Å²) in [6.07, 6.45) is 0.766. The van der Waals surface area contributed by atoms with Gasteiger partial charge < -0.3 is 14.0 Å². The van der Waals surface area contributed by atoms with E-state index in [4.69, 9.17) is 14.0 Å². The molecule has 1 aliphatic heterocycles. The predicted octanol–water partition coefficient (Wildman–Crippen LogP) is 1.97. The highest BCUT2D eigenvalue weighted by Gasteiger charge is 2.24. The minimum atomic E-state index is -3.66. The third kappa shape index (κ3) is 3.32. The molecule has 0 atom stereocenters. The number of nitrogens with zero attached hydrogens (tertiary/aromatic N) is 2. The van der Waals surface area contributed by atoms with Crippen molar-refractivity contribution in [2.45, 2.75) is 24.8 Å². The standard InChI is InChI=1S/C15H18N2O5S/c1-11-8-12(16-22-11)10-17(2)23(18,19)13-4-5-14-15(9-13)21-7-3-6-20-14/h4-5,8-9H,3,6-7,10H2,1-2H3. The van der Waals surface area contributed by atoms with Crippen LogP contribution in [0.2, 0.25) is 0 Å². The molecule has 0 saturated carbocycles. The molecule has 2 aromatic rings. The summed E-state index contributed by atoms with van der Waals surface area (Å²) < 4.78 is 42.6. The monoisotopic (exact) mass is 338 g/mol. The highest BCUT2D eigenvalue weighted by molar-refractivity contribution is 7.89. The number of fused-ring (bicyclic) bond motifs is 1. The fourth-order valence-electron chi connectivity index (χ4n) is 2.29. The van der Waals surface area contributed by atoms with E-state index >= 15 is 0 Å². The average molecular weight is 338 g/mol. The Morgan fingerprint density at radius 3 is 2.61 bits per heavy atom. The van der Waals surface area contributed by atoms with Crippen LogP contribution >= 0.6 is 0 Å². The molecular weight excluding hydrogens is 320 g/mol. The zero-order chi connectivity index (χ0) is 16.4. The van der Waals surface area contributed by atoms with E-state index in [2.05, 4.69) is 5.16 Å². The molecule has 1 aromatic carbocycles. The van der Waals surface area contributed by atoms with Crippen LogP contribution in [0.15, 0.2) is 33.7 Å². The fraction of sp³-hybridized carbons (Fsp3) is 0.400. The van der Waals surface area contributed by atoms with Gasteiger partial charge in [-0.2, -0.15) is 4.31 Å². The largest absolute Gasteiger partial charge is 0.490 e. The summed E-state index contributed by atoms with van der Waals surface area (Å²) >= 11 is 0. The Kier molecular flexibility index (Phi) is 4.27. The first-order valence-electron chi connectivity index (χ1n) is 7.25. The van der Waals surface area contributed by atoms with Gasteiger partial charge in [0.15, 0.2) is 11.5 Å². The molecule has 0 amide bonds. The molecule has 0 aliphatic carbocycles. The molecular formula is C15H18N2O5S. The van der Waals surface area contributed by atoms with E-state index in [1.165, 1.54) is 23.5 Å². The summed E-state index contributed by atoms with van der Waals surface area (Å²) in [6.45, 7) is 2.96. The molecule has 0 fully saturated rings. The van der Waals surface area contributed by atoms with Gasteiger partial charge in [-0.3, -0.25) is 0 Å². The molecule has 23 heavy (non-hydrogen) atoms. The first-order chi connectivity index (χ1) is 11.0. The number of hydrogen-bond donors (Lipinski definition) is 0. The van der Waals surface area contributed by atoms with Gasteiger partial charge in [0, 0.05) is 25.6 Å². The molecule has 2 heterocycles. The van der Waals surface area contributed by atoms with Crippen molar-refractivity contribution >= 4 is 10.0 Å². The number of benzene rings is 1. The lowest BCUT2D eigenvalue weighted by Gasteiger charge is -2.17. The van der Waals surface area contributed by atoms with E-state index in [-0.39, 0.29) is 11.4 Å². The molecule has 0 bridgehead atoms. The van der Waals surface area contributed by atoms with Crippen LogP contribution in [0.5, 0.6) is 11.5 Å². The van der Waals surface area contributed by atoms with Crippen molar-refractivity contribution in [1.29, 1.82) is 0 Å². The Hall–Kier alpha value is -2.06. The molecule has 124 valence electrons. The Morgan fingerprint density at radius 2 is 1.91 bits per heavy atom. The molecule has 7 nitrogen and oxygen atoms in total. The number of ether oxygens (including phenoxy) is 2. The van der Waals surface area contributed by atoms with E-state index in [1.54, 1.807) is 19.1 Å². The van der Waals surface area contributed by atoms with Crippen molar-refractivity contribution in [3.8, 4) is 11.5 Å². The van der Waals surface area contributed by atoms with Gasteiger partial charge in [-0.15, -0.1) is 0 Å². The second-order valence-electron chi connectivity index (χ2n) is 5.35. The molecule has 0 radical (unpaired) electrons. The van der Waals surface area contributed by atoms with Gasteiger partial charge in [0.1, 0.15) is 5.76 Å². The minimum Gasteiger partial charge on any atom is -0.490 e. The fourth-order valence-corrected chi connectivity index (χ4v) is 3.45. The molecule has 1 aliphatic rings.